The van der Waals surface area contributed by atoms with E-state index in [-0.39, 0.29) is 23.2 Å². The summed E-state index contributed by atoms with van der Waals surface area (Å²) in [5, 5.41) is 0.481. The molecule has 8 heteroatoms. The Hall–Kier alpha value is -3.00. The molecule has 168 valence electrons. The van der Waals surface area contributed by atoms with E-state index in [0.717, 1.165) is 41.4 Å². The van der Waals surface area contributed by atoms with E-state index in [1.165, 1.54) is 17.8 Å². The monoisotopic (exact) mass is 453 g/mol. The second-order valence-electron chi connectivity index (χ2n) is 7.90. The number of Topliss-reactive ketones (excluding diaryl/α,β-unsaturated/α-hetero) is 1. The first-order valence-electron chi connectivity index (χ1n) is 10.8. The molecule has 3 aromatic rings. The minimum atomic E-state index is -0.187. The van der Waals surface area contributed by atoms with Gasteiger partial charge in [-0.15, -0.1) is 0 Å². The molecule has 0 unspecified atom stereocenters. The summed E-state index contributed by atoms with van der Waals surface area (Å²) in [4.78, 5) is 32.0. The normalized spacial score (nSPS) is 15.0. The average Bonchev–Trinajstić information content (AvgIpc) is 3.05. The minimum Gasteiger partial charge on any atom is -0.486 e. The van der Waals surface area contributed by atoms with Crippen LogP contribution in [0.2, 0.25) is 0 Å². The third-order valence-corrected chi connectivity index (χ3v) is 6.32. The van der Waals surface area contributed by atoms with Gasteiger partial charge in [-0.25, -0.2) is 4.98 Å². The molecule has 0 spiro atoms. The van der Waals surface area contributed by atoms with E-state index in [9.17, 15) is 9.59 Å². The molecule has 7 nitrogen and oxygen atoms in total. The van der Waals surface area contributed by atoms with Crippen molar-refractivity contribution in [2.45, 2.75) is 51.4 Å². The standard InChI is InChI=1S/C24H27N3O4S/c1-4-7-17-11-23(29)26-24(25-17)32-14-20(28)19-10-15(2)27(16(19)3)12-18-13-30-21-8-5-6-9-22(21)31-18/h5-6,8-11,18H,4,7,12-14H2,1-3H3,(H,25,26,29)/t18-/m1/s1. The van der Waals surface area contributed by atoms with Gasteiger partial charge in [0.25, 0.3) is 5.56 Å². The largest absolute Gasteiger partial charge is 0.486 e. The third kappa shape index (κ3) is 4.91. The Bertz CT molecular complexity index is 1180. The van der Waals surface area contributed by atoms with Gasteiger partial charge in [0.2, 0.25) is 0 Å². The Kier molecular flexibility index (Phi) is 6.69. The number of nitrogens with one attached hydrogen (secondary N) is 1. The van der Waals surface area contributed by atoms with Gasteiger partial charge in [-0.3, -0.25) is 9.59 Å². The fraction of sp³-hybridized carbons (Fsp3) is 0.375. The number of nitrogens with zero attached hydrogens (tertiary/aromatic N) is 2. The molecule has 2 aromatic heterocycles. The number of para-hydroxylation sites is 2. The van der Waals surface area contributed by atoms with Crippen LogP contribution in [0, 0.1) is 13.8 Å². The number of fused-ring (bicyclic) bond motifs is 1. The van der Waals surface area contributed by atoms with Crippen molar-refractivity contribution >= 4 is 17.5 Å². The highest BCUT2D eigenvalue weighted by Crippen LogP contribution is 2.31. The molecule has 0 saturated heterocycles. The zero-order valence-corrected chi connectivity index (χ0v) is 19.3. The Balaban J connectivity index is 1.43. The number of carbonyl (C=O) groups is 1. The first kappa shape index (κ1) is 22.2. The number of benzene rings is 1. The Morgan fingerprint density at radius 1 is 1.25 bits per heavy atom. The zero-order valence-electron chi connectivity index (χ0n) is 18.5. The van der Waals surface area contributed by atoms with Crippen LogP contribution in [0.5, 0.6) is 11.5 Å². The molecule has 1 aliphatic rings. The van der Waals surface area contributed by atoms with Gasteiger partial charge in [0.15, 0.2) is 28.5 Å². The second kappa shape index (κ2) is 9.65. The first-order chi connectivity index (χ1) is 15.4. The van der Waals surface area contributed by atoms with Gasteiger partial charge >= 0.3 is 0 Å². The number of hydrogen-bond acceptors (Lipinski definition) is 6. The van der Waals surface area contributed by atoms with Crippen LogP contribution in [-0.4, -0.2) is 38.8 Å². The zero-order chi connectivity index (χ0) is 22.7. The van der Waals surface area contributed by atoms with E-state index >= 15 is 0 Å². The summed E-state index contributed by atoms with van der Waals surface area (Å²) in [5.74, 6) is 1.71. The molecular weight excluding hydrogens is 426 g/mol. The quantitative estimate of drug-likeness (QED) is 0.316. The number of thioether (sulfide) groups is 1. The van der Waals surface area contributed by atoms with Gasteiger partial charge in [-0.05, 0) is 38.5 Å². The maximum Gasteiger partial charge on any atom is 0.251 e. The topological polar surface area (TPSA) is 86.2 Å². The van der Waals surface area contributed by atoms with Crippen molar-refractivity contribution in [1.29, 1.82) is 0 Å². The van der Waals surface area contributed by atoms with Gasteiger partial charge in [0.1, 0.15) is 6.61 Å². The maximum atomic E-state index is 12.9. The highest BCUT2D eigenvalue weighted by molar-refractivity contribution is 7.99. The summed E-state index contributed by atoms with van der Waals surface area (Å²) >= 11 is 1.26. The number of rotatable bonds is 8. The van der Waals surface area contributed by atoms with Crippen molar-refractivity contribution in [3.8, 4) is 11.5 Å². The number of carbonyl (C=O) groups excluding carboxylic acids is 1. The molecule has 0 aliphatic carbocycles. The average molecular weight is 454 g/mol. The van der Waals surface area contributed by atoms with Gasteiger partial charge in [-0.2, -0.15) is 0 Å². The molecule has 3 heterocycles. The molecular formula is C24H27N3O4S. The Morgan fingerprint density at radius 3 is 2.81 bits per heavy atom. The van der Waals surface area contributed by atoms with Crippen molar-refractivity contribution in [1.82, 2.24) is 14.5 Å². The van der Waals surface area contributed by atoms with Crippen LogP contribution >= 0.6 is 11.8 Å². The van der Waals surface area contributed by atoms with Crippen LogP contribution in [0.4, 0.5) is 0 Å². The number of H-pyrrole nitrogens is 1. The highest BCUT2D eigenvalue weighted by Gasteiger charge is 2.24. The summed E-state index contributed by atoms with van der Waals surface area (Å²) in [6.07, 6.45) is 1.51. The van der Waals surface area contributed by atoms with Crippen molar-refractivity contribution in [3.63, 3.8) is 0 Å². The number of ketones is 1. The van der Waals surface area contributed by atoms with Gasteiger partial charge < -0.3 is 19.0 Å². The molecule has 0 fully saturated rings. The van der Waals surface area contributed by atoms with E-state index in [0.29, 0.717) is 23.9 Å². The second-order valence-corrected chi connectivity index (χ2v) is 8.86. The summed E-state index contributed by atoms with van der Waals surface area (Å²) in [6.45, 7) is 7.03. The van der Waals surface area contributed by atoms with E-state index in [2.05, 4.69) is 14.5 Å². The lowest BCUT2D eigenvalue weighted by atomic mass is 10.2. The van der Waals surface area contributed by atoms with Gasteiger partial charge in [0.05, 0.1) is 12.3 Å². The summed E-state index contributed by atoms with van der Waals surface area (Å²) in [5.41, 5.74) is 3.14. The van der Waals surface area contributed by atoms with E-state index in [1.807, 2.05) is 51.1 Å². The van der Waals surface area contributed by atoms with Crippen LogP contribution in [0.15, 0.2) is 46.3 Å². The van der Waals surface area contributed by atoms with Crippen LogP contribution in [0.3, 0.4) is 0 Å². The van der Waals surface area contributed by atoms with E-state index in [4.69, 9.17) is 9.47 Å². The SMILES string of the molecule is CCCc1cc(=O)[nH]c(SCC(=O)c2cc(C)n(C[C@@H]3COc4ccccc4O3)c2C)n1. The fourth-order valence-electron chi connectivity index (χ4n) is 3.87. The molecule has 0 amide bonds. The number of aromatic amines is 1. The first-order valence-corrected chi connectivity index (χ1v) is 11.7. The Labute approximate surface area is 191 Å². The lowest BCUT2D eigenvalue weighted by Gasteiger charge is -2.27. The molecule has 0 saturated carbocycles. The molecule has 1 aliphatic heterocycles. The third-order valence-electron chi connectivity index (χ3n) is 5.45. The van der Waals surface area contributed by atoms with Crippen molar-refractivity contribution in [3.05, 3.63) is 69.4 Å². The van der Waals surface area contributed by atoms with E-state index in [1.54, 1.807) is 0 Å². The number of ether oxygens (including phenoxy) is 2. The summed E-state index contributed by atoms with van der Waals surface area (Å²) < 4.78 is 14.0. The predicted molar refractivity (Wildman–Crippen MR) is 124 cm³/mol. The van der Waals surface area contributed by atoms with Crippen molar-refractivity contribution in [2.75, 3.05) is 12.4 Å². The van der Waals surface area contributed by atoms with Crippen LogP contribution in [0.25, 0.3) is 0 Å². The Morgan fingerprint density at radius 2 is 2.03 bits per heavy atom. The predicted octanol–water partition coefficient (Wildman–Crippen LogP) is 3.96. The van der Waals surface area contributed by atoms with Crippen LogP contribution < -0.4 is 15.0 Å². The molecule has 1 atom stereocenters. The highest BCUT2D eigenvalue weighted by atomic mass is 32.2. The number of hydrogen-bond donors (Lipinski definition) is 1. The van der Waals surface area contributed by atoms with Gasteiger partial charge in [0, 0.05) is 28.7 Å². The molecule has 1 N–H and O–H groups in total. The summed E-state index contributed by atoms with van der Waals surface area (Å²) in [7, 11) is 0. The fourth-order valence-corrected chi connectivity index (χ4v) is 4.65. The number of aromatic nitrogens is 3. The lowest BCUT2D eigenvalue weighted by Crippen LogP contribution is -2.33. The molecule has 1 aromatic carbocycles. The smallest absolute Gasteiger partial charge is 0.251 e. The molecule has 0 bridgehead atoms. The van der Waals surface area contributed by atoms with Crippen molar-refractivity contribution < 1.29 is 14.3 Å². The molecule has 0 radical (unpaired) electrons. The summed E-state index contributed by atoms with van der Waals surface area (Å²) in [6, 6.07) is 11.1. The van der Waals surface area contributed by atoms with Crippen molar-refractivity contribution in [2.24, 2.45) is 0 Å². The molecule has 32 heavy (non-hydrogen) atoms. The van der Waals surface area contributed by atoms with Crippen LogP contribution in [0.1, 0.15) is 40.8 Å². The van der Waals surface area contributed by atoms with E-state index < -0.39 is 0 Å². The number of aryl methyl sites for hydroxylation is 2. The molecule has 4 rings (SSSR count). The minimum absolute atomic E-state index is 0.00375. The van der Waals surface area contributed by atoms with Gasteiger partial charge in [-0.1, -0.05) is 37.2 Å². The maximum absolute atomic E-state index is 12.9. The van der Waals surface area contributed by atoms with Crippen LogP contribution in [-0.2, 0) is 13.0 Å². The lowest BCUT2D eigenvalue weighted by molar-refractivity contribution is 0.0777.